The van der Waals surface area contributed by atoms with Crippen LogP contribution in [0.4, 0.5) is 0 Å². The third-order valence-electron chi connectivity index (χ3n) is 3.06. The van der Waals surface area contributed by atoms with Crippen LogP contribution in [-0.4, -0.2) is 48.8 Å². The lowest BCUT2D eigenvalue weighted by molar-refractivity contribution is -0.00319. The Morgan fingerprint density at radius 1 is 1.44 bits per heavy atom. The van der Waals surface area contributed by atoms with Gasteiger partial charge in [-0.15, -0.1) is 0 Å². The molecule has 4 heteroatoms. The molecule has 0 radical (unpaired) electrons. The van der Waals surface area contributed by atoms with Crippen LogP contribution in [0.25, 0.3) is 0 Å². The van der Waals surface area contributed by atoms with Crippen molar-refractivity contribution in [3.63, 3.8) is 0 Å². The number of ether oxygens (including phenoxy) is 1. The number of aromatic nitrogens is 1. The Kier molecular flexibility index (Phi) is 4.27. The van der Waals surface area contributed by atoms with Gasteiger partial charge in [-0.1, -0.05) is 0 Å². The maximum absolute atomic E-state index is 5.73. The normalized spacial score (nSPS) is 22.2. The molecule has 2 N–H and O–H groups in total. The molecule has 4 nitrogen and oxygen atoms in total. The Hall–Kier alpha value is -0.970. The zero-order valence-corrected chi connectivity index (χ0v) is 9.51. The van der Waals surface area contributed by atoms with E-state index >= 15 is 0 Å². The summed E-state index contributed by atoms with van der Waals surface area (Å²) in [6.07, 6.45) is 4.74. The summed E-state index contributed by atoms with van der Waals surface area (Å²) in [7, 11) is 0. The van der Waals surface area contributed by atoms with E-state index < -0.39 is 0 Å². The second-order valence-corrected chi connectivity index (χ2v) is 4.11. The van der Waals surface area contributed by atoms with E-state index in [2.05, 4.69) is 22.0 Å². The second kappa shape index (κ2) is 5.94. The van der Waals surface area contributed by atoms with E-state index in [1.165, 1.54) is 5.56 Å². The van der Waals surface area contributed by atoms with Gasteiger partial charge in [0.15, 0.2) is 0 Å². The largest absolute Gasteiger partial charge is 0.378 e. The highest BCUT2D eigenvalue weighted by molar-refractivity contribution is 5.10. The standard InChI is InChI=1S/C12H19N3O/c13-9-12-10-16-8-7-15(12)6-3-11-1-4-14-5-2-11/h1-2,4-5,12H,3,6-10,13H2. The Bertz CT molecular complexity index is 304. The van der Waals surface area contributed by atoms with Gasteiger partial charge in [-0.3, -0.25) is 9.88 Å². The first-order valence-electron chi connectivity index (χ1n) is 5.81. The predicted octanol–water partition coefficient (Wildman–Crippen LogP) is 0.284. The van der Waals surface area contributed by atoms with Crippen molar-refractivity contribution in [2.24, 2.45) is 5.73 Å². The van der Waals surface area contributed by atoms with Crippen molar-refractivity contribution in [2.45, 2.75) is 12.5 Å². The van der Waals surface area contributed by atoms with Crippen LogP contribution in [0, 0.1) is 0 Å². The third kappa shape index (κ3) is 3.01. The number of rotatable bonds is 4. The minimum atomic E-state index is 0.385. The first-order valence-corrected chi connectivity index (χ1v) is 5.81. The van der Waals surface area contributed by atoms with Crippen LogP contribution >= 0.6 is 0 Å². The van der Waals surface area contributed by atoms with Crippen LogP contribution in [0.1, 0.15) is 5.56 Å². The Balaban J connectivity index is 1.84. The maximum Gasteiger partial charge on any atom is 0.0634 e. The van der Waals surface area contributed by atoms with Gasteiger partial charge in [-0.05, 0) is 24.1 Å². The summed E-state index contributed by atoms with van der Waals surface area (Å²) in [5.41, 5.74) is 7.06. The molecule has 0 aromatic carbocycles. The molecule has 1 aromatic heterocycles. The van der Waals surface area contributed by atoms with Gasteiger partial charge in [0.2, 0.25) is 0 Å². The number of hydrogen-bond acceptors (Lipinski definition) is 4. The van der Waals surface area contributed by atoms with Gasteiger partial charge in [0.1, 0.15) is 0 Å². The van der Waals surface area contributed by atoms with E-state index in [9.17, 15) is 0 Å². The van der Waals surface area contributed by atoms with Gasteiger partial charge in [0, 0.05) is 38.1 Å². The Labute approximate surface area is 96.4 Å². The molecule has 88 valence electrons. The van der Waals surface area contributed by atoms with Crippen molar-refractivity contribution in [2.75, 3.05) is 32.8 Å². The quantitative estimate of drug-likeness (QED) is 0.793. The van der Waals surface area contributed by atoms with Crippen LogP contribution in [-0.2, 0) is 11.2 Å². The summed E-state index contributed by atoms with van der Waals surface area (Å²) in [4.78, 5) is 6.44. The van der Waals surface area contributed by atoms with Crippen molar-refractivity contribution in [1.82, 2.24) is 9.88 Å². The highest BCUT2D eigenvalue weighted by atomic mass is 16.5. The van der Waals surface area contributed by atoms with Crippen molar-refractivity contribution in [3.05, 3.63) is 30.1 Å². The van der Waals surface area contributed by atoms with E-state index in [0.29, 0.717) is 12.6 Å². The average Bonchev–Trinajstić information content (AvgIpc) is 2.38. The summed E-state index contributed by atoms with van der Waals surface area (Å²) in [6, 6.07) is 4.52. The summed E-state index contributed by atoms with van der Waals surface area (Å²) in [6.45, 7) is 4.32. The molecular weight excluding hydrogens is 202 g/mol. The minimum absolute atomic E-state index is 0.385. The number of nitrogens with zero attached hydrogens (tertiary/aromatic N) is 2. The highest BCUT2D eigenvalue weighted by Gasteiger charge is 2.20. The Morgan fingerprint density at radius 2 is 2.25 bits per heavy atom. The SMILES string of the molecule is NCC1COCCN1CCc1ccncc1. The molecule has 16 heavy (non-hydrogen) atoms. The van der Waals surface area contributed by atoms with E-state index in [0.717, 1.165) is 32.7 Å². The van der Waals surface area contributed by atoms with Gasteiger partial charge >= 0.3 is 0 Å². The summed E-state index contributed by atoms with van der Waals surface area (Å²) < 4.78 is 5.42. The zero-order valence-electron chi connectivity index (χ0n) is 9.51. The zero-order chi connectivity index (χ0) is 11.2. The molecule has 1 unspecified atom stereocenters. The third-order valence-corrected chi connectivity index (χ3v) is 3.06. The van der Waals surface area contributed by atoms with Crippen LogP contribution in [0.2, 0.25) is 0 Å². The number of morpholine rings is 1. The lowest BCUT2D eigenvalue weighted by atomic mass is 10.1. The molecule has 0 spiro atoms. The fraction of sp³-hybridized carbons (Fsp3) is 0.583. The van der Waals surface area contributed by atoms with Gasteiger partial charge in [-0.2, -0.15) is 0 Å². The van der Waals surface area contributed by atoms with Crippen molar-refractivity contribution in [3.8, 4) is 0 Å². The lowest BCUT2D eigenvalue weighted by Crippen LogP contribution is -2.49. The molecule has 0 aliphatic carbocycles. The van der Waals surface area contributed by atoms with Crippen molar-refractivity contribution in [1.29, 1.82) is 0 Å². The lowest BCUT2D eigenvalue weighted by Gasteiger charge is -2.34. The molecule has 1 saturated heterocycles. The van der Waals surface area contributed by atoms with Gasteiger partial charge in [-0.25, -0.2) is 0 Å². The van der Waals surface area contributed by atoms with Crippen molar-refractivity contribution < 1.29 is 4.74 Å². The molecule has 1 aromatic rings. The van der Waals surface area contributed by atoms with E-state index in [1.54, 1.807) is 0 Å². The fourth-order valence-electron chi connectivity index (χ4n) is 2.02. The maximum atomic E-state index is 5.73. The molecule has 0 saturated carbocycles. The molecule has 0 bridgehead atoms. The molecule has 1 aliphatic rings. The summed E-state index contributed by atoms with van der Waals surface area (Å²) in [5, 5.41) is 0. The van der Waals surface area contributed by atoms with Crippen LogP contribution < -0.4 is 5.73 Å². The van der Waals surface area contributed by atoms with E-state index in [-0.39, 0.29) is 0 Å². The fourth-order valence-corrected chi connectivity index (χ4v) is 2.02. The summed E-state index contributed by atoms with van der Waals surface area (Å²) in [5.74, 6) is 0. The van der Waals surface area contributed by atoms with Gasteiger partial charge in [0.25, 0.3) is 0 Å². The number of pyridine rings is 1. The van der Waals surface area contributed by atoms with Gasteiger partial charge in [0.05, 0.1) is 13.2 Å². The van der Waals surface area contributed by atoms with E-state index in [4.69, 9.17) is 10.5 Å². The highest BCUT2D eigenvalue weighted by Crippen LogP contribution is 2.07. The van der Waals surface area contributed by atoms with E-state index in [1.807, 2.05) is 12.4 Å². The van der Waals surface area contributed by atoms with Crippen molar-refractivity contribution >= 4 is 0 Å². The molecule has 1 fully saturated rings. The monoisotopic (exact) mass is 221 g/mol. The number of hydrogen-bond donors (Lipinski definition) is 1. The van der Waals surface area contributed by atoms with Crippen LogP contribution in [0.5, 0.6) is 0 Å². The molecule has 1 aliphatic heterocycles. The minimum Gasteiger partial charge on any atom is -0.378 e. The molecule has 0 amide bonds. The smallest absolute Gasteiger partial charge is 0.0634 e. The van der Waals surface area contributed by atoms with Crippen LogP contribution in [0.15, 0.2) is 24.5 Å². The first-order chi connectivity index (χ1) is 7.90. The molecule has 2 rings (SSSR count). The number of nitrogens with two attached hydrogens (primary N) is 1. The average molecular weight is 221 g/mol. The Morgan fingerprint density at radius 3 is 3.00 bits per heavy atom. The molecule has 1 atom stereocenters. The topological polar surface area (TPSA) is 51.4 Å². The predicted molar refractivity (Wildman–Crippen MR) is 63.2 cm³/mol. The van der Waals surface area contributed by atoms with Gasteiger partial charge < -0.3 is 10.5 Å². The second-order valence-electron chi connectivity index (χ2n) is 4.11. The first kappa shape index (κ1) is 11.5. The summed E-state index contributed by atoms with van der Waals surface area (Å²) >= 11 is 0. The van der Waals surface area contributed by atoms with Crippen LogP contribution in [0.3, 0.4) is 0 Å². The molecule has 2 heterocycles. The molecular formula is C12H19N3O.